The number of hydrogen-bond donors (Lipinski definition) is 2. The van der Waals surface area contributed by atoms with Crippen LogP contribution in [-0.2, 0) is 5.41 Å². The van der Waals surface area contributed by atoms with E-state index in [9.17, 15) is 5.11 Å². The molecule has 3 atom stereocenters. The first-order valence-electron chi connectivity index (χ1n) is 6.55. The zero-order chi connectivity index (χ0) is 11.9. The molecule has 1 aromatic carbocycles. The van der Waals surface area contributed by atoms with Crippen molar-refractivity contribution in [1.29, 1.82) is 0 Å². The number of phenolic OH excluding ortho intramolecular Hbond substituents is 1. The maximum Gasteiger partial charge on any atom is 0.167 e. The number of fused-ring (bicyclic) bond motifs is 1. The lowest BCUT2D eigenvalue weighted by atomic mass is 9.67. The van der Waals surface area contributed by atoms with Gasteiger partial charge in [0.05, 0.1) is 17.1 Å². The van der Waals surface area contributed by atoms with Crippen LogP contribution in [0, 0.1) is 0 Å². The van der Waals surface area contributed by atoms with Gasteiger partial charge < -0.3 is 14.9 Å². The molecule has 1 spiro atoms. The summed E-state index contributed by atoms with van der Waals surface area (Å²) in [6.07, 6.45) is 6.70. The first-order chi connectivity index (χ1) is 8.82. The Bertz CT molecular complexity index is 598. The first kappa shape index (κ1) is 9.28. The zero-order valence-electron chi connectivity index (χ0n) is 9.89. The van der Waals surface area contributed by atoms with Crippen LogP contribution in [0.4, 0.5) is 5.69 Å². The smallest absolute Gasteiger partial charge is 0.167 e. The number of benzene rings is 1. The molecule has 1 fully saturated rings. The van der Waals surface area contributed by atoms with Crippen LogP contribution in [0.2, 0.25) is 0 Å². The van der Waals surface area contributed by atoms with Gasteiger partial charge >= 0.3 is 0 Å². The van der Waals surface area contributed by atoms with E-state index < -0.39 is 0 Å². The van der Waals surface area contributed by atoms with E-state index in [4.69, 9.17) is 4.74 Å². The number of nitrogens with zero attached hydrogens (tertiary/aromatic N) is 1. The molecule has 0 saturated carbocycles. The summed E-state index contributed by atoms with van der Waals surface area (Å²) in [6, 6.07) is 4.09. The van der Waals surface area contributed by atoms with Crippen LogP contribution in [0.15, 0.2) is 24.3 Å². The van der Waals surface area contributed by atoms with E-state index in [0.29, 0.717) is 6.04 Å². The third-order valence-corrected chi connectivity index (χ3v) is 4.97. The van der Waals surface area contributed by atoms with E-state index in [1.807, 2.05) is 6.07 Å². The fraction of sp³-hybridized carbons (Fsp3) is 0.429. The number of anilines is 1. The summed E-state index contributed by atoms with van der Waals surface area (Å²) in [5.41, 5.74) is 5.94. The largest absolute Gasteiger partial charge is 0.504 e. The quantitative estimate of drug-likeness (QED) is 0.676. The molecule has 3 aliphatic heterocycles. The van der Waals surface area contributed by atoms with Gasteiger partial charge in [-0.05, 0) is 18.6 Å². The predicted octanol–water partition coefficient (Wildman–Crippen LogP) is 1.45. The molecular formula is C14H14N2O2. The predicted molar refractivity (Wildman–Crippen MR) is 66.8 cm³/mol. The van der Waals surface area contributed by atoms with Gasteiger partial charge in [-0.3, -0.25) is 0 Å². The molecule has 4 aliphatic rings. The molecule has 92 valence electrons. The van der Waals surface area contributed by atoms with Gasteiger partial charge in [0.1, 0.15) is 6.10 Å². The number of aromatic hydroxyl groups is 1. The molecule has 1 aromatic rings. The summed E-state index contributed by atoms with van der Waals surface area (Å²) in [5.74, 6) is 1.00. The van der Waals surface area contributed by atoms with Gasteiger partial charge in [0, 0.05) is 18.5 Å². The van der Waals surface area contributed by atoms with Crippen molar-refractivity contribution in [3.63, 3.8) is 0 Å². The van der Waals surface area contributed by atoms with Crippen LogP contribution >= 0.6 is 0 Å². The molecule has 0 amide bonds. The van der Waals surface area contributed by atoms with Gasteiger partial charge in [-0.2, -0.15) is 0 Å². The summed E-state index contributed by atoms with van der Waals surface area (Å²) >= 11 is 0. The Morgan fingerprint density at radius 3 is 3.33 bits per heavy atom. The topological polar surface area (TPSA) is 44.7 Å². The minimum Gasteiger partial charge on any atom is -0.504 e. The summed E-state index contributed by atoms with van der Waals surface area (Å²) in [4.78, 5) is 0. The van der Waals surface area contributed by atoms with Crippen LogP contribution in [-0.4, -0.2) is 23.8 Å². The lowest BCUT2D eigenvalue weighted by Gasteiger charge is -2.45. The zero-order valence-corrected chi connectivity index (χ0v) is 9.89. The molecule has 4 heteroatoms. The van der Waals surface area contributed by atoms with Crippen molar-refractivity contribution in [3.05, 3.63) is 29.8 Å². The first-order valence-corrected chi connectivity index (χ1v) is 6.55. The second-order valence-electron chi connectivity index (χ2n) is 5.59. The highest BCUT2D eigenvalue weighted by Crippen LogP contribution is 2.63. The number of hydrazine groups is 1. The maximum atomic E-state index is 10.1. The van der Waals surface area contributed by atoms with E-state index in [1.54, 1.807) is 6.07 Å². The Morgan fingerprint density at radius 2 is 2.39 bits per heavy atom. The van der Waals surface area contributed by atoms with Crippen molar-refractivity contribution in [1.82, 2.24) is 5.43 Å². The van der Waals surface area contributed by atoms with Crippen molar-refractivity contribution < 1.29 is 9.84 Å². The number of hydrogen-bond acceptors (Lipinski definition) is 4. The SMILES string of the molecule is Oc1ccc2c3c1O[C@H]1CC=C[C@H]4N2NCC[C@]314. The average molecular weight is 242 g/mol. The Kier molecular flexibility index (Phi) is 1.37. The number of nitrogens with one attached hydrogen (secondary N) is 1. The highest BCUT2D eigenvalue weighted by Gasteiger charge is 2.63. The molecule has 0 unspecified atom stereocenters. The molecule has 3 heterocycles. The molecule has 2 N–H and O–H groups in total. The number of phenols is 1. The van der Waals surface area contributed by atoms with E-state index in [-0.39, 0.29) is 17.3 Å². The number of ether oxygens (including phenoxy) is 1. The van der Waals surface area contributed by atoms with Crippen LogP contribution in [0.1, 0.15) is 18.4 Å². The van der Waals surface area contributed by atoms with E-state index in [2.05, 4.69) is 22.6 Å². The van der Waals surface area contributed by atoms with Gasteiger partial charge in [0.15, 0.2) is 11.5 Å². The summed E-state index contributed by atoms with van der Waals surface area (Å²) in [6.45, 7) is 0.971. The summed E-state index contributed by atoms with van der Waals surface area (Å²) < 4.78 is 6.07. The van der Waals surface area contributed by atoms with Crippen LogP contribution < -0.4 is 15.2 Å². The fourth-order valence-corrected chi connectivity index (χ4v) is 4.31. The molecule has 2 bridgehead atoms. The van der Waals surface area contributed by atoms with Gasteiger partial charge in [-0.25, -0.2) is 5.43 Å². The van der Waals surface area contributed by atoms with Gasteiger partial charge in [-0.1, -0.05) is 12.2 Å². The Labute approximate surface area is 105 Å². The average Bonchev–Trinajstić information content (AvgIpc) is 2.81. The molecular weight excluding hydrogens is 228 g/mol. The van der Waals surface area contributed by atoms with E-state index in [0.717, 1.165) is 25.1 Å². The van der Waals surface area contributed by atoms with Crippen LogP contribution in [0.25, 0.3) is 0 Å². The van der Waals surface area contributed by atoms with E-state index >= 15 is 0 Å². The van der Waals surface area contributed by atoms with Crippen LogP contribution in [0.3, 0.4) is 0 Å². The monoisotopic (exact) mass is 242 g/mol. The normalized spacial score (nSPS) is 37.7. The van der Waals surface area contributed by atoms with Gasteiger partial charge in [-0.15, -0.1) is 0 Å². The van der Waals surface area contributed by atoms with Crippen molar-refractivity contribution in [2.75, 3.05) is 11.6 Å². The second kappa shape index (κ2) is 2.67. The third-order valence-electron chi connectivity index (χ3n) is 4.97. The molecule has 5 rings (SSSR count). The van der Waals surface area contributed by atoms with Gasteiger partial charge in [0.2, 0.25) is 0 Å². The minimum atomic E-state index is 0.0589. The molecule has 4 nitrogen and oxygen atoms in total. The molecule has 0 radical (unpaired) electrons. The minimum absolute atomic E-state index is 0.0589. The second-order valence-corrected chi connectivity index (χ2v) is 5.59. The Hall–Kier alpha value is -1.68. The van der Waals surface area contributed by atoms with Crippen molar-refractivity contribution in [2.45, 2.75) is 30.4 Å². The number of rotatable bonds is 0. The third kappa shape index (κ3) is 0.747. The molecule has 18 heavy (non-hydrogen) atoms. The fourth-order valence-electron chi connectivity index (χ4n) is 4.31. The molecule has 0 aromatic heterocycles. The van der Waals surface area contributed by atoms with Crippen molar-refractivity contribution >= 4 is 5.69 Å². The van der Waals surface area contributed by atoms with E-state index in [1.165, 1.54) is 11.3 Å². The maximum absolute atomic E-state index is 10.1. The molecule has 1 aliphatic carbocycles. The van der Waals surface area contributed by atoms with Crippen LogP contribution in [0.5, 0.6) is 11.5 Å². The standard InChI is InChI=1S/C14H14N2O2/c17-9-5-4-8-12-13(9)18-11-3-1-2-10-14(11,12)6-7-15-16(8)10/h1-2,4-5,10-11,15,17H,3,6-7H2/t10-,11+,14-/m1/s1. The van der Waals surface area contributed by atoms with Crippen molar-refractivity contribution in [3.8, 4) is 11.5 Å². The lowest BCUT2D eigenvalue weighted by Crippen LogP contribution is -2.61. The summed E-state index contributed by atoms with van der Waals surface area (Å²) in [5, 5.41) is 12.3. The Morgan fingerprint density at radius 1 is 1.44 bits per heavy atom. The highest BCUT2D eigenvalue weighted by molar-refractivity contribution is 5.76. The highest BCUT2D eigenvalue weighted by atomic mass is 16.5. The molecule has 1 saturated heterocycles. The Balaban J connectivity index is 1.91. The van der Waals surface area contributed by atoms with Gasteiger partial charge in [0.25, 0.3) is 0 Å². The van der Waals surface area contributed by atoms with Crippen molar-refractivity contribution in [2.24, 2.45) is 0 Å². The summed E-state index contributed by atoms with van der Waals surface area (Å²) in [7, 11) is 0. The lowest BCUT2D eigenvalue weighted by molar-refractivity contribution is 0.108.